The van der Waals surface area contributed by atoms with Gasteiger partial charge in [-0.3, -0.25) is 4.79 Å². The van der Waals surface area contributed by atoms with Crippen LogP contribution in [-0.4, -0.2) is 31.5 Å². The van der Waals surface area contributed by atoms with Gasteiger partial charge < -0.3 is 19.5 Å². The van der Waals surface area contributed by atoms with Crippen molar-refractivity contribution in [3.63, 3.8) is 0 Å². The molecule has 0 fully saturated rings. The summed E-state index contributed by atoms with van der Waals surface area (Å²) >= 11 is 1.75. The van der Waals surface area contributed by atoms with E-state index in [0.29, 0.717) is 30.2 Å². The second kappa shape index (κ2) is 12.1. The topological polar surface area (TPSA) is 56.8 Å². The second-order valence-electron chi connectivity index (χ2n) is 7.37. The Morgan fingerprint density at radius 1 is 0.969 bits per heavy atom. The lowest BCUT2D eigenvalue weighted by atomic mass is 10.1. The molecular weight excluding hydrogens is 422 g/mol. The summed E-state index contributed by atoms with van der Waals surface area (Å²) in [6.45, 7) is 4.93. The number of amides is 1. The lowest BCUT2D eigenvalue weighted by Crippen LogP contribution is -2.22. The van der Waals surface area contributed by atoms with Gasteiger partial charge >= 0.3 is 0 Å². The van der Waals surface area contributed by atoms with E-state index in [4.69, 9.17) is 14.2 Å². The fraction of sp³-hybridized carbons (Fsp3) is 0.269. The molecular formula is C26H29NO4S. The van der Waals surface area contributed by atoms with E-state index in [2.05, 4.69) is 17.4 Å². The van der Waals surface area contributed by atoms with Crippen molar-refractivity contribution in [2.24, 2.45) is 0 Å². The van der Waals surface area contributed by atoms with Gasteiger partial charge in [0.05, 0.1) is 19.8 Å². The first-order chi connectivity index (χ1) is 15.5. The predicted molar refractivity (Wildman–Crippen MR) is 129 cm³/mol. The minimum atomic E-state index is -0.141. The minimum absolute atomic E-state index is 0.0593. The fourth-order valence-corrected chi connectivity index (χ4v) is 3.75. The van der Waals surface area contributed by atoms with Crippen molar-refractivity contribution in [3.05, 3.63) is 83.9 Å². The number of benzene rings is 3. The second-order valence-corrected chi connectivity index (χ2v) is 8.54. The molecule has 0 aliphatic rings. The number of hydrogen-bond donors (Lipinski definition) is 1. The van der Waals surface area contributed by atoms with Crippen LogP contribution < -0.4 is 19.5 Å². The summed E-state index contributed by atoms with van der Waals surface area (Å²) in [6, 6.07) is 23.1. The first-order valence-corrected chi connectivity index (χ1v) is 11.6. The highest BCUT2D eigenvalue weighted by Gasteiger charge is 2.10. The zero-order valence-electron chi connectivity index (χ0n) is 18.7. The maximum atomic E-state index is 12.5. The average molecular weight is 452 g/mol. The summed E-state index contributed by atoms with van der Waals surface area (Å²) in [5, 5.41) is 2.94. The van der Waals surface area contributed by atoms with Gasteiger partial charge in [0.1, 0.15) is 5.75 Å². The Hall–Kier alpha value is -3.12. The molecule has 3 aromatic carbocycles. The molecule has 0 aromatic heterocycles. The molecule has 0 atom stereocenters. The molecule has 0 saturated heterocycles. The Morgan fingerprint density at radius 3 is 2.41 bits per heavy atom. The average Bonchev–Trinajstić information content (AvgIpc) is 2.81. The van der Waals surface area contributed by atoms with Crippen LogP contribution in [0.5, 0.6) is 17.2 Å². The van der Waals surface area contributed by atoms with E-state index in [0.717, 1.165) is 17.1 Å². The summed E-state index contributed by atoms with van der Waals surface area (Å²) in [5.74, 6) is 2.81. The third-order valence-electron chi connectivity index (χ3n) is 4.52. The van der Waals surface area contributed by atoms with Crippen LogP contribution in [0.1, 0.15) is 29.8 Å². The molecule has 3 aromatic rings. The smallest absolute Gasteiger partial charge is 0.251 e. The molecule has 0 radical (unpaired) electrons. The fourth-order valence-electron chi connectivity index (χ4n) is 3.00. The summed E-state index contributed by atoms with van der Waals surface area (Å²) in [4.78, 5) is 13.7. The predicted octanol–water partition coefficient (Wildman–Crippen LogP) is 5.58. The third kappa shape index (κ3) is 7.24. The molecule has 0 unspecified atom stereocenters. The summed E-state index contributed by atoms with van der Waals surface area (Å²) < 4.78 is 16.9. The molecule has 0 spiro atoms. The molecule has 0 bridgehead atoms. The van der Waals surface area contributed by atoms with Crippen LogP contribution in [0.25, 0.3) is 0 Å². The Bertz CT molecular complexity index is 990. The van der Waals surface area contributed by atoms with Crippen LogP contribution in [0.15, 0.2) is 77.7 Å². The van der Waals surface area contributed by atoms with Crippen molar-refractivity contribution in [2.45, 2.75) is 31.4 Å². The summed E-state index contributed by atoms with van der Waals surface area (Å²) in [6.07, 6.45) is 0.0593. The van der Waals surface area contributed by atoms with Crippen LogP contribution in [0.2, 0.25) is 0 Å². The molecule has 1 amide bonds. The summed E-state index contributed by atoms with van der Waals surface area (Å²) in [5.41, 5.74) is 1.52. The Morgan fingerprint density at radius 2 is 1.72 bits per heavy atom. The molecule has 1 N–H and O–H groups in total. The van der Waals surface area contributed by atoms with E-state index in [-0.39, 0.29) is 12.0 Å². The van der Waals surface area contributed by atoms with Crippen molar-refractivity contribution in [2.75, 3.05) is 19.5 Å². The van der Waals surface area contributed by atoms with Gasteiger partial charge in [0.25, 0.3) is 5.91 Å². The number of carbonyl (C=O) groups excluding carboxylic acids is 1. The molecule has 3 rings (SSSR count). The van der Waals surface area contributed by atoms with Gasteiger partial charge in [0, 0.05) is 22.8 Å². The van der Waals surface area contributed by atoms with E-state index in [1.165, 1.54) is 4.90 Å². The zero-order valence-corrected chi connectivity index (χ0v) is 19.5. The molecule has 32 heavy (non-hydrogen) atoms. The van der Waals surface area contributed by atoms with Crippen LogP contribution >= 0.6 is 11.8 Å². The SMILES string of the molecule is COc1cc(CNC(=O)c2ccc(OCCSc3ccccc3)cc2)ccc1OC(C)C. The zero-order chi connectivity index (χ0) is 22.8. The Balaban J connectivity index is 1.46. The van der Waals surface area contributed by atoms with Gasteiger partial charge in [0.2, 0.25) is 0 Å². The highest BCUT2D eigenvalue weighted by Crippen LogP contribution is 2.29. The van der Waals surface area contributed by atoms with Crippen molar-refractivity contribution in [3.8, 4) is 17.2 Å². The Kier molecular flexibility index (Phi) is 8.87. The van der Waals surface area contributed by atoms with Gasteiger partial charge in [-0.25, -0.2) is 0 Å². The van der Waals surface area contributed by atoms with E-state index in [9.17, 15) is 4.79 Å². The van der Waals surface area contributed by atoms with Gasteiger partial charge in [-0.05, 0) is 67.9 Å². The number of ether oxygens (including phenoxy) is 3. The quantitative estimate of drug-likeness (QED) is 0.304. The first-order valence-electron chi connectivity index (χ1n) is 10.6. The highest BCUT2D eigenvalue weighted by molar-refractivity contribution is 7.99. The molecule has 0 saturated carbocycles. The van der Waals surface area contributed by atoms with Crippen molar-refractivity contribution in [1.82, 2.24) is 5.32 Å². The molecule has 0 aliphatic carbocycles. The molecule has 6 heteroatoms. The monoisotopic (exact) mass is 451 g/mol. The van der Waals surface area contributed by atoms with Crippen LogP contribution in [-0.2, 0) is 6.54 Å². The summed E-state index contributed by atoms with van der Waals surface area (Å²) in [7, 11) is 1.61. The number of carbonyl (C=O) groups is 1. The Labute approximate surface area is 194 Å². The maximum Gasteiger partial charge on any atom is 0.251 e. The van der Waals surface area contributed by atoms with Gasteiger partial charge in [-0.1, -0.05) is 24.3 Å². The van der Waals surface area contributed by atoms with E-state index < -0.39 is 0 Å². The first kappa shape index (κ1) is 23.5. The van der Waals surface area contributed by atoms with Gasteiger partial charge in [-0.15, -0.1) is 11.8 Å². The third-order valence-corrected chi connectivity index (χ3v) is 5.50. The maximum absolute atomic E-state index is 12.5. The van der Waals surface area contributed by atoms with E-state index in [1.54, 1.807) is 31.0 Å². The van der Waals surface area contributed by atoms with Crippen LogP contribution in [0.3, 0.4) is 0 Å². The number of nitrogens with one attached hydrogen (secondary N) is 1. The van der Waals surface area contributed by atoms with Crippen molar-refractivity contribution in [1.29, 1.82) is 0 Å². The molecule has 5 nitrogen and oxygen atoms in total. The van der Waals surface area contributed by atoms with Gasteiger partial charge in [-0.2, -0.15) is 0 Å². The van der Waals surface area contributed by atoms with Crippen LogP contribution in [0, 0.1) is 0 Å². The largest absolute Gasteiger partial charge is 0.493 e. The normalized spacial score (nSPS) is 10.6. The van der Waals surface area contributed by atoms with Gasteiger partial charge in [0.15, 0.2) is 11.5 Å². The molecule has 0 heterocycles. The van der Waals surface area contributed by atoms with E-state index in [1.807, 2.05) is 62.4 Å². The number of rotatable bonds is 11. The van der Waals surface area contributed by atoms with Crippen LogP contribution in [0.4, 0.5) is 0 Å². The standard InChI is InChI=1S/C26H29NO4S/c1-19(2)31-24-14-9-20(17-25(24)29-3)18-27-26(28)21-10-12-22(13-11-21)30-15-16-32-23-7-5-4-6-8-23/h4-14,17,19H,15-16,18H2,1-3H3,(H,27,28). The molecule has 0 aliphatic heterocycles. The lowest BCUT2D eigenvalue weighted by Gasteiger charge is -2.15. The van der Waals surface area contributed by atoms with Crippen molar-refractivity contribution >= 4 is 17.7 Å². The number of thioether (sulfide) groups is 1. The molecule has 168 valence electrons. The highest BCUT2D eigenvalue weighted by atomic mass is 32.2. The number of hydrogen-bond acceptors (Lipinski definition) is 5. The van der Waals surface area contributed by atoms with Crippen molar-refractivity contribution < 1.29 is 19.0 Å². The van der Waals surface area contributed by atoms with E-state index >= 15 is 0 Å². The number of methoxy groups -OCH3 is 1. The minimum Gasteiger partial charge on any atom is -0.493 e. The lowest BCUT2D eigenvalue weighted by molar-refractivity contribution is 0.0951.